The summed E-state index contributed by atoms with van der Waals surface area (Å²) in [6.07, 6.45) is 3.50. The highest BCUT2D eigenvalue weighted by Gasteiger charge is 2.20. The molecular weight excluding hydrogens is 328 g/mol. The zero-order valence-electron chi connectivity index (χ0n) is 12.1. The van der Waals surface area contributed by atoms with Crippen molar-refractivity contribution in [1.29, 1.82) is 0 Å². The van der Waals surface area contributed by atoms with Gasteiger partial charge in [-0.25, -0.2) is 4.98 Å². The second-order valence-electron chi connectivity index (χ2n) is 5.35. The Balaban J connectivity index is 1.79. The highest BCUT2D eigenvalue weighted by atomic mass is 79.9. The first-order valence-electron chi connectivity index (χ1n) is 7.40. The number of nitrogens with zero attached hydrogens (tertiary/aromatic N) is 1. The average Bonchev–Trinajstić information content (AvgIpc) is 3.31. The van der Waals surface area contributed by atoms with E-state index in [1.807, 2.05) is 30.3 Å². The van der Waals surface area contributed by atoms with Crippen LogP contribution in [0.25, 0.3) is 0 Å². The third kappa shape index (κ3) is 4.05. The molecule has 0 bridgehead atoms. The number of hydrogen-bond acceptors (Lipinski definition) is 3. The first kappa shape index (κ1) is 14.5. The molecule has 1 aliphatic carbocycles. The third-order valence-electron chi connectivity index (χ3n) is 3.50. The summed E-state index contributed by atoms with van der Waals surface area (Å²) in [5.74, 6) is 1.45. The minimum Gasteiger partial charge on any atom is -0.438 e. The SMILES string of the molecule is CCc1cc(CNC2CC2)cc(Oc2ccccc2Br)n1. The Kier molecular flexibility index (Phi) is 4.56. The van der Waals surface area contributed by atoms with Crippen LogP contribution in [0.5, 0.6) is 11.6 Å². The van der Waals surface area contributed by atoms with Crippen LogP contribution in [0.4, 0.5) is 0 Å². The number of pyridine rings is 1. The molecule has 1 fully saturated rings. The Hall–Kier alpha value is -1.39. The van der Waals surface area contributed by atoms with E-state index in [2.05, 4.69) is 39.2 Å². The fraction of sp³-hybridized carbons (Fsp3) is 0.353. The Morgan fingerprint density at radius 1 is 1.29 bits per heavy atom. The molecule has 1 saturated carbocycles. The molecule has 2 aromatic rings. The molecule has 1 aromatic heterocycles. The van der Waals surface area contributed by atoms with Crippen molar-refractivity contribution >= 4 is 15.9 Å². The number of benzene rings is 1. The maximum absolute atomic E-state index is 5.93. The van der Waals surface area contributed by atoms with Gasteiger partial charge in [0.1, 0.15) is 5.75 Å². The predicted octanol–water partition coefficient (Wildman–Crippen LogP) is 4.45. The van der Waals surface area contributed by atoms with Crippen LogP contribution in [-0.2, 0) is 13.0 Å². The zero-order valence-corrected chi connectivity index (χ0v) is 13.7. The standard InChI is InChI=1S/C17H19BrN2O/c1-2-13-9-12(11-19-14-7-8-14)10-17(20-13)21-16-6-4-3-5-15(16)18/h3-6,9-10,14,19H,2,7-8,11H2,1H3. The molecule has 0 aliphatic heterocycles. The van der Waals surface area contributed by atoms with E-state index in [4.69, 9.17) is 4.74 Å². The van der Waals surface area contributed by atoms with Gasteiger partial charge in [-0.15, -0.1) is 0 Å². The van der Waals surface area contributed by atoms with Crippen molar-refractivity contribution in [3.63, 3.8) is 0 Å². The second kappa shape index (κ2) is 6.58. The summed E-state index contributed by atoms with van der Waals surface area (Å²) in [6.45, 7) is 3.00. The number of halogens is 1. The normalized spacial score (nSPS) is 14.2. The monoisotopic (exact) mass is 346 g/mol. The van der Waals surface area contributed by atoms with Crippen LogP contribution >= 0.6 is 15.9 Å². The van der Waals surface area contributed by atoms with Gasteiger partial charge in [-0.1, -0.05) is 19.1 Å². The Morgan fingerprint density at radius 2 is 2.10 bits per heavy atom. The molecule has 0 amide bonds. The van der Waals surface area contributed by atoms with Crippen LogP contribution < -0.4 is 10.1 Å². The van der Waals surface area contributed by atoms with Crippen molar-refractivity contribution in [2.45, 2.75) is 38.8 Å². The van der Waals surface area contributed by atoms with E-state index in [9.17, 15) is 0 Å². The lowest BCUT2D eigenvalue weighted by Gasteiger charge is -2.11. The van der Waals surface area contributed by atoms with Crippen LogP contribution in [0.3, 0.4) is 0 Å². The van der Waals surface area contributed by atoms with Gasteiger partial charge in [-0.05, 0) is 59.0 Å². The van der Waals surface area contributed by atoms with Gasteiger partial charge in [-0.2, -0.15) is 0 Å². The lowest BCUT2D eigenvalue weighted by atomic mass is 10.2. The summed E-state index contributed by atoms with van der Waals surface area (Å²) in [4.78, 5) is 4.56. The number of hydrogen-bond donors (Lipinski definition) is 1. The lowest BCUT2D eigenvalue weighted by molar-refractivity contribution is 0.456. The molecular formula is C17H19BrN2O. The van der Waals surface area contributed by atoms with Crippen LogP contribution in [-0.4, -0.2) is 11.0 Å². The Morgan fingerprint density at radius 3 is 2.81 bits per heavy atom. The summed E-state index contributed by atoms with van der Waals surface area (Å²) >= 11 is 3.50. The van der Waals surface area contributed by atoms with Gasteiger partial charge in [0.25, 0.3) is 0 Å². The molecule has 0 atom stereocenters. The van der Waals surface area contributed by atoms with E-state index in [0.29, 0.717) is 11.9 Å². The van der Waals surface area contributed by atoms with Crippen molar-refractivity contribution in [1.82, 2.24) is 10.3 Å². The van der Waals surface area contributed by atoms with Crippen molar-refractivity contribution < 1.29 is 4.74 Å². The molecule has 110 valence electrons. The summed E-state index contributed by atoms with van der Waals surface area (Å²) in [5, 5.41) is 3.53. The van der Waals surface area contributed by atoms with E-state index < -0.39 is 0 Å². The van der Waals surface area contributed by atoms with Crippen LogP contribution in [0.15, 0.2) is 40.9 Å². The quantitative estimate of drug-likeness (QED) is 0.838. The summed E-state index contributed by atoms with van der Waals surface area (Å²) < 4.78 is 6.87. The van der Waals surface area contributed by atoms with Crippen molar-refractivity contribution in [3.05, 3.63) is 52.1 Å². The van der Waals surface area contributed by atoms with Crippen LogP contribution in [0.2, 0.25) is 0 Å². The molecule has 3 nitrogen and oxygen atoms in total. The molecule has 0 spiro atoms. The van der Waals surface area contributed by atoms with Gasteiger partial charge < -0.3 is 10.1 Å². The molecule has 1 N–H and O–H groups in total. The number of rotatable bonds is 6. The maximum atomic E-state index is 5.93. The van der Waals surface area contributed by atoms with Crippen LogP contribution in [0, 0.1) is 0 Å². The fourth-order valence-electron chi connectivity index (χ4n) is 2.15. The average molecular weight is 347 g/mol. The molecule has 0 radical (unpaired) electrons. The Bertz CT molecular complexity index is 626. The number of aromatic nitrogens is 1. The largest absolute Gasteiger partial charge is 0.438 e. The molecule has 1 aromatic carbocycles. The minimum atomic E-state index is 0.661. The number of nitrogens with one attached hydrogen (secondary N) is 1. The number of aryl methyl sites for hydroxylation is 1. The van der Waals surface area contributed by atoms with Gasteiger partial charge >= 0.3 is 0 Å². The molecule has 3 rings (SSSR count). The van der Waals surface area contributed by atoms with Crippen molar-refractivity contribution in [3.8, 4) is 11.6 Å². The first-order chi connectivity index (χ1) is 10.2. The fourth-order valence-corrected chi connectivity index (χ4v) is 2.51. The van der Waals surface area contributed by atoms with E-state index in [-0.39, 0.29) is 0 Å². The van der Waals surface area contributed by atoms with E-state index in [1.54, 1.807) is 0 Å². The molecule has 0 saturated heterocycles. The molecule has 1 heterocycles. The molecule has 21 heavy (non-hydrogen) atoms. The van der Waals surface area contributed by atoms with Crippen molar-refractivity contribution in [2.24, 2.45) is 0 Å². The maximum Gasteiger partial charge on any atom is 0.219 e. The summed E-state index contributed by atoms with van der Waals surface area (Å²) in [5.41, 5.74) is 2.29. The smallest absolute Gasteiger partial charge is 0.219 e. The first-order valence-corrected chi connectivity index (χ1v) is 8.19. The minimum absolute atomic E-state index is 0.661. The Labute approximate surface area is 133 Å². The topological polar surface area (TPSA) is 34.1 Å². The van der Waals surface area contributed by atoms with Gasteiger partial charge in [-0.3, -0.25) is 0 Å². The summed E-state index contributed by atoms with van der Waals surface area (Å²) in [7, 11) is 0. The third-order valence-corrected chi connectivity index (χ3v) is 4.16. The molecule has 1 aliphatic rings. The summed E-state index contributed by atoms with van der Waals surface area (Å²) in [6, 6.07) is 12.7. The van der Waals surface area contributed by atoms with E-state index in [1.165, 1.54) is 18.4 Å². The van der Waals surface area contributed by atoms with E-state index in [0.717, 1.165) is 28.9 Å². The molecule has 0 unspecified atom stereocenters. The highest BCUT2D eigenvalue weighted by Crippen LogP contribution is 2.29. The van der Waals surface area contributed by atoms with Gasteiger partial charge in [0, 0.05) is 24.3 Å². The van der Waals surface area contributed by atoms with Crippen molar-refractivity contribution in [2.75, 3.05) is 0 Å². The van der Waals surface area contributed by atoms with Crippen LogP contribution in [0.1, 0.15) is 31.0 Å². The predicted molar refractivity (Wildman–Crippen MR) is 87.7 cm³/mol. The van der Waals surface area contributed by atoms with Gasteiger partial charge in [0.05, 0.1) is 4.47 Å². The number of ether oxygens (including phenoxy) is 1. The highest BCUT2D eigenvalue weighted by molar-refractivity contribution is 9.10. The van der Waals surface area contributed by atoms with Gasteiger partial charge in [0.15, 0.2) is 0 Å². The van der Waals surface area contributed by atoms with Gasteiger partial charge in [0.2, 0.25) is 5.88 Å². The zero-order chi connectivity index (χ0) is 14.7. The van der Waals surface area contributed by atoms with E-state index >= 15 is 0 Å². The lowest BCUT2D eigenvalue weighted by Crippen LogP contribution is -2.15. The molecule has 4 heteroatoms. The second-order valence-corrected chi connectivity index (χ2v) is 6.20. The number of para-hydroxylation sites is 1.